The molecule has 0 N–H and O–H groups in total. The Morgan fingerprint density at radius 2 is 1.82 bits per heavy atom. The van der Waals surface area contributed by atoms with Crippen LogP contribution >= 0.6 is 0 Å². The molecule has 1 amide bonds. The van der Waals surface area contributed by atoms with Crippen molar-refractivity contribution in [1.29, 1.82) is 0 Å². The fourth-order valence-electron chi connectivity index (χ4n) is 3.72. The summed E-state index contributed by atoms with van der Waals surface area (Å²) in [6, 6.07) is 8.48. The van der Waals surface area contributed by atoms with Crippen molar-refractivity contribution in [1.82, 2.24) is 9.80 Å². The fraction of sp³-hybridized carbons (Fsp3) is 0.611. The number of nitrogens with zero attached hydrogens (tertiary/aromatic N) is 3. The Morgan fingerprint density at radius 1 is 1.09 bits per heavy atom. The minimum Gasteiger partial charge on any atom is -0.377 e. The third-order valence-corrected chi connectivity index (χ3v) is 4.97. The minimum atomic E-state index is 0.184. The number of rotatable bonds is 3. The largest absolute Gasteiger partial charge is 0.377 e. The Hall–Kier alpha value is -1.55. The topological polar surface area (TPSA) is 26.8 Å². The summed E-state index contributed by atoms with van der Waals surface area (Å²) in [6.07, 6.45) is 5.11. The zero-order valence-corrected chi connectivity index (χ0v) is 13.8. The van der Waals surface area contributed by atoms with Crippen molar-refractivity contribution >= 4 is 11.6 Å². The molecule has 4 heteroatoms. The molecule has 0 spiro atoms. The van der Waals surface area contributed by atoms with Crippen molar-refractivity contribution in [2.24, 2.45) is 0 Å². The van der Waals surface area contributed by atoms with E-state index in [1.54, 1.807) is 0 Å². The SMILES string of the molecule is CN(C)c1ccccc1C(=O)N1CCC(N2CCCCC2)C1. The predicted octanol–water partition coefficient (Wildman–Crippen LogP) is 2.45. The van der Waals surface area contributed by atoms with Crippen LogP contribution in [0.25, 0.3) is 0 Å². The Morgan fingerprint density at radius 3 is 2.55 bits per heavy atom. The van der Waals surface area contributed by atoms with E-state index in [9.17, 15) is 4.79 Å². The molecular weight excluding hydrogens is 274 g/mol. The molecule has 0 saturated carbocycles. The van der Waals surface area contributed by atoms with Gasteiger partial charge in [-0.2, -0.15) is 0 Å². The molecule has 2 saturated heterocycles. The number of para-hydroxylation sites is 1. The highest BCUT2D eigenvalue weighted by Crippen LogP contribution is 2.25. The van der Waals surface area contributed by atoms with E-state index in [-0.39, 0.29) is 5.91 Å². The number of hydrogen-bond donors (Lipinski definition) is 0. The van der Waals surface area contributed by atoms with Gasteiger partial charge in [0.15, 0.2) is 0 Å². The predicted molar refractivity (Wildman–Crippen MR) is 90.5 cm³/mol. The maximum absolute atomic E-state index is 12.9. The molecule has 2 heterocycles. The monoisotopic (exact) mass is 301 g/mol. The third kappa shape index (κ3) is 3.12. The van der Waals surface area contributed by atoms with Crippen LogP contribution in [0.1, 0.15) is 36.0 Å². The second-order valence-electron chi connectivity index (χ2n) is 6.70. The second kappa shape index (κ2) is 6.69. The van der Waals surface area contributed by atoms with Crippen LogP contribution in [0.2, 0.25) is 0 Å². The van der Waals surface area contributed by atoms with Gasteiger partial charge in [0, 0.05) is 38.9 Å². The minimum absolute atomic E-state index is 0.184. The van der Waals surface area contributed by atoms with Crippen LogP contribution in [0.4, 0.5) is 5.69 Å². The van der Waals surface area contributed by atoms with Crippen molar-refractivity contribution in [2.45, 2.75) is 31.7 Å². The van der Waals surface area contributed by atoms with Crippen molar-refractivity contribution < 1.29 is 4.79 Å². The maximum atomic E-state index is 12.9. The van der Waals surface area contributed by atoms with E-state index in [2.05, 4.69) is 4.90 Å². The van der Waals surface area contributed by atoms with Gasteiger partial charge in [-0.05, 0) is 44.5 Å². The molecule has 3 rings (SSSR count). The first-order valence-electron chi connectivity index (χ1n) is 8.46. The van der Waals surface area contributed by atoms with Crippen molar-refractivity contribution in [3.8, 4) is 0 Å². The summed E-state index contributed by atoms with van der Waals surface area (Å²) in [5.41, 5.74) is 1.83. The van der Waals surface area contributed by atoms with Crippen LogP contribution in [0.5, 0.6) is 0 Å². The summed E-state index contributed by atoms with van der Waals surface area (Å²) in [6.45, 7) is 4.20. The number of piperidine rings is 1. The zero-order chi connectivity index (χ0) is 15.5. The Balaban J connectivity index is 1.69. The van der Waals surface area contributed by atoms with Gasteiger partial charge in [-0.25, -0.2) is 0 Å². The van der Waals surface area contributed by atoms with Crippen LogP contribution in [0, 0.1) is 0 Å². The van der Waals surface area contributed by atoms with Crippen molar-refractivity contribution in [3.05, 3.63) is 29.8 Å². The van der Waals surface area contributed by atoms with Gasteiger partial charge in [0.2, 0.25) is 0 Å². The molecule has 1 unspecified atom stereocenters. The lowest BCUT2D eigenvalue weighted by molar-refractivity contribution is 0.0772. The molecule has 1 aromatic carbocycles. The number of carbonyl (C=O) groups excluding carboxylic acids is 1. The van der Waals surface area contributed by atoms with E-state index >= 15 is 0 Å². The molecular formula is C18H27N3O. The first kappa shape index (κ1) is 15.3. The molecule has 0 radical (unpaired) electrons. The average Bonchev–Trinajstić information content (AvgIpc) is 3.05. The van der Waals surface area contributed by atoms with Gasteiger partial charge in [0.1, 0.15) is 0 Å². The molecule has 0 aliphatic carbocycles. The van der Waals surface area contributed by atoms with Crippen LogP contribution in [-0.2, 0) is 0 Å². The van der Waals surface area contributed by atoms with E-state index in [1.165, 1.54) is 32.4 Å². The molecule has 0 aromatic heterocycles. The van der Waals surface area contributed by atoms with Gasteiger partial charge >= 0.3 is 0 Å². The zero-order valence-electron chi connectivity index (χ0n) is 13.8. The van der Waals surface area contributed by atoms with Crippen LogP contribution in [0.3, 0.4) is 0 Å². The molecule has 120 valence electrons. The van der Waals surface area contributed by atoms with Crippen molar-refractivity contribution in [3.63, 3.8) is 0 Å². The number of likely N-dealkylation sites (tertiary alicyclic amines) is 2. The van der Waals surface area contributed by atoms with Gasteiger partial charge in [-0.1, -0.05) is 18.6 Å². The van der Waals surface area contributed by atoms with E-state index in [1.807, 2.05) is 48.2 Å². The Kier molecular flexibility index (Phi) is 4.67. The van der Waals surface area contributed by atoms with Gasteiger partial charge in [0.05, 0.1) is 5.56 Å². The lowest BCUT2D eigenvalue weighted by atomic mass is 10.1. The molecule has 2 aliphatic rings. The van der Waals surface area contributed by atoms with E-state index in [0.717, 1.165) is 30.8 Å². The van der Waals surface area contributed by atoms with Crippen LogP contribution < -0.4 is 4.90 Å². The molecule has 1 atom stereocenters. The quantitative estimate of drug-likeness (QED) is 0.858. The number of amides is 1. The summed E-state index contributed by atoms with van der Waals surface area (Å²) >= 11 is 0. The number of carbonyl (C=O) groups is 1. The lowest BCUT2D eigenvalue weighted by Gasteiger charge is -2.32. The summed E-state index contributed by atoms with van der Waals surface area (Å²) < 4.78 is 0. The first-order valence-corrected chi connectivity index (χ1v) is 8.46. The maximum Gasteiger partial charge on any atom is 0.256 e. The summed E-state index contributed by atoms with van der Waals surface area (Å²) in [5.74, 6) is 0.184. The van der Waals surface area contributed by atoms with E-state index < -0.39 is 0 Å². The van der Waals surface area contributed by atoms with Gasteiger partial charge in [-0.3, -0.25) is 9.69 Å². The van der Waals surface area contributed by atoms with Gasteiger partial charge in [-0.15, -0.1) is 0 Å². The highest BCUT2D eigenvalue weighted by atomic mass is 16.2. The molecule has 2 fully saturated rings. The molecule has 22 heavy (non-hydrogen) atoms. The normalized spacial score (nSPS) is 22.8. The lowest BCUT2D eigenvalue weighted by Crippen LogP contribution is -2.41. The Bertz CT molecular complexity index is 523. The highest BCUT2D eigenvalue weighted by Gasteiger charge is 2.32. The van der Waals surface area contributed by atoms with Crippen LogP contribution in [0.15, 0.2) is 24.3 Å². The number of benzene rings is 1. The molecule has 2 aliphatic heterocycles. The standard InChI is InChI=1S/C18H27N3O/c1-19(2)17-9-5-4-8-16(17)18(22)21-13-10-15(14-21)20-11-6-3-7-12-20/h4-5,8-9,15H,3,6-7,10-14H2,1-2H3. The fourth-order valence-corrected chi connectivity index (χ4v) is 3.72. The average molecular weight is 301 g/mol. The number of anilines is 1. The van der Waals surface area contributed by atoms with Gasteiger partial charge in [0.25, 0.3) is 5.91 Å². The van der Waals surface area contributed by atoms with Gasteiger partial charge < -0.3 is 9.80 Å². The molecule has 0 bridgehead atoms. The second-order valence-corrected chi connectivity index (χ2v) is 6.70. The number of hydrogen-bond acceptors (Lipinski definition) is 3. The van der Waals surface area contributed by atoms with E-state index in [0.29, 0.717) is 6.04 Å². The first-order chi connectivity index (χ1) is 10.7. The highest BCUT2D eigenvalue weighted by molar-refractivity contribution is 5.99. The third-order valence-electron chi connectivity index (χ3n) is 4.97. The summed E-state index contributed by atoms with van der Waals surface area (Å²) in [5, 5.41) is 0. The summed E-state index contributed by atoms with van der Waals surface area (Å²) in [7, 11) is 3.99. The van der Waals surface area contributed by atoms with Crippen molar-refractivity contribution in [2.75, 3.05) is 45.2 Å². The molecule has 4 nitrogen and oxygen atoms in total. The Labute approximate surface area is 133 Å². The molecule has 1 aromatic rings. The van der Waals surface area contributed by atoms with E-state index in [4.69, 9.17) is 0 Å². The summed E-state index contributed by atoms with van der Waals surface area (Å²) in [4.78, 5) is 19.5. The smallest absolute Gasteiger partial charge is 0.256 e. The van der Waals surface area contributed by atoms with Crippen LogP contribution in [-0.4, -0.2) is 62.0 Å².